The molecule has 2 atom stereocenters. The summed E-state index contributed by atoms with van der Waals surface area (Å²) in [5.41, 5.74) is 10.6. The van der Waals surface area contributed by atoms with Crippen molar-refractivity contribution in [2.24, 2.45) is 5.73 Å². The van der Waals surface area contributed by atoms with E-state index in [4.69, 9.17) is 10.8 Å². The first-order valence-corrected chi connectivity index (χ1v) is 21.0. The molecular weight excluding hydrogens is 720 g/mol. The van der Waals surface area contributed by atoms with Gasteiger partial charge >= 0.3 is 5.97 Å². The average molecular weight is 783 g/mol. The lowest BCUT2D eigenvalue weighted by Gasteiger charge is -2.41. The molecule has 0 bridgehead atoms. The molecule has 308 valence electrons. The van der Waals surface area contributed by atoms with E-state index in [1.807, 2.05) is 79.1 Å². The van der Waals surface area contributed by atoms with Gasteiger partial charge < -0.3 is 30.9 Å². The molecule has 3 aromatic carbocycles. The first-order chi connectivity index (χ1) is 27.6. The minimum absolute atomic E-state index is 0.0939. The van der Waals surface area contributed by atoms with Crippen LogP contribution in [-0.4, -0.2) is 74.0 Å². The number of halogens is 1. The van der Waals surface area contributed by atoms with Crippen LogP contribution in [0.15, 0.2) is 84.9 Å². The van der Waals surface area contributed by atoms with Crippen molar-refractivity contribution < 1.29 is 29.3 Å². The Hall–Kier alpha value is -4.35. The zero-order chi connectivity index (χ0) is 40.7. The minimum Gasteiger partial charge on any atom is -0.481 e. The summed E-state index contributed by atoms with van der Waals surface area (Å²) in [6.45, 7) is 6.23. The second-order valence-electron chi connectivity index (χ2n) is 16.0. The fraction of sp³-hybridized carbons (Fsp3) is 0.489. The largest absolute Gasteiger partial charge is 0.481 e. The van der Waals surface area contributed by atoms with Crippen LogP contribution in [0.4, 0.5) is 10.1 Å². The van der Waals surface area contributed by atoms with Gasteiger partial charge in [-0.15, -0.1) is 0 Å². The van der Waals surface area contributed by atoms with E-state index in [2.05, 4.69) is 10.2 Å². The molecule has 1 heterocycles. The van der Waals surface area contributed by atoms with Crippen molar-refractivity contribution in [2.45, 2.75) is 134 Å². The van der Waals surface area contributed by atoms with E-state index in [9.17, 15) is 24.2 Å². The molecule has 1 aromatic heterocycles. The van der Waals surface area contributed by atoms with Gasteiger partial charge in [0.05, 0.1) is 29.9 Å². The van der Waals surface area contributed by atoms with Crippen molar-refractivity contribution in [3.8, 4) is 22.4 Å². The van der Waals surface area contributed by atoms with Gasteiger partial charge in [-0.3, -0.25) is 14.5 Å². The molecule has 0 radical (unpaired) electrons. The Morgan fingerprint density at radius 1 is 0.807 bits per heavy atom. The number of aliphatic hydroxyl groups excluding tert-OH is 2. The molecule has 2 aliphatic rings. The van der Waals surface area contributed by atoms with Gasteiger partial charge in [0, 0.05) is 48.7 Å². The number of aliphatic carboxylic acids is 1. The molecule has 0 saturated heterocycles. The number of nitrogens with one attached hydrogen (secondary N) is 1. The number of benzene rings is 3. The number of nitrogens with two attached hydrogens (primary N) is 1. The first kappa shape index (κ1) is 43.8. The van der Waals surface area contributed by atoms with Crippen LogP contribution in [0.3, 0.4) is 0 Å². The van der Waals surface area contributed by atoms with Crippen LogP contribution >= 0.6 is 0 Å². The summed E-state index contributed by atoms with van der Waals surface area (Å²) >= 11 is 0. The predicted molar refractivity (Wildman–Crippen MR) is 227 cm³/mol. The van der Waals surface area contributed by atoms with Crippen LogP contribution in [-0.2, 0) is 11.3 Å². The van der Waals surface area contributed by atoms with E-state index in [0.717, 1.165) is 36.4 Å². The second-order valence-corrected chi connectivity index (χ2v) is 16.0. The monoisotopic (exact) mass is 782 g/mol. The number of para-hydroxylation sites is 1. The van der Waals surface area contributed by atoms with Crippen LogP contribution in [0, 0.1) is 5.82 Å². The normalized spacial score (nSPS) is 16.2. The molecule has 0 spiro atoms. The number of anilines is 1. The van der Waals surface area contributed by atoms with Crippen molar-refractivity contribution in [1.82, 2.24) is 9.47 Å². The van der Waals surface area contributed by atoms with E-state index in [-0.39, 0.29) is 37.0 Å². The number of hydrogen-bond acceptors (Lipinski definition) is 6. The highest BCUT2D eigenvalue weighted by molar-refractivity contribution is 6.12. The number of hydrogen-bond donors (Lipinski definition) is 5. The zero-order valence-corrected chi connectivity index (χ0v) is 33.8. The van der Waals surface area contributed by atoms with Crippen molar-refractivity contribution in [1.29, 1.82) is 0 Å². The van der Waals surface area contributed by atoms with Crippen LogP contribution in [0.5, 0.6) is 0 Å². The van der Waals surface area contributed by atoms with Crippen molar-refractivity contribution >= 4 is 17.6 Å². The third-order valence-corrected chi connectivity index (χ3v) is 11.4. The summed E-state index contributed by atoms with van der Waals surface area (Å²) in [7, 11) is 0. The number of aromatic nitrogens is 1. The van der Waals surface area contributed by atoms with E-state index in [0.29, 0.717) is 28.1 Å². The second kappa shape index (κ2) is 22.0. The first-order valence-electron chi connectivity index (χ1n) is 21.0. The number of amides is 1. The van der Waals surface area contributed by atoms with Gasteiger partial charge in [-0.2, -0.15) is 0 Å². The zero-order valence-electron chi connectivity index (χ0n) is 33.8. The molecular formula is C47H63FN4O5. The molecule has 57 heavy (non-hydrogen) atoms. The van der Waals surface area contributed by atoms with Gasteiger partial charge in [-0.05, 0) is 92.0 Å². The number of nitrogens with zero attached hydrogens (tertiary/aromatic N) is 2. The maximum atomic E-state index is 14.0. The maximum Gasteiger partial charge on any atom is 0.305 e. The Morgan fingerprint density at radius 2 is 1.37 bits per heavy atom. The van der Waals surface area contributed by atoms with Crippen LogP contribution in [0.1, 0.15) is 119 Å². The third kappa shape index (κ3) is 12.3. The Kier molecular flexibility index (Phi) is 16.9. The smallest absolute Gasteiger partial charge is 0.305 e. The van der Waals surface area contributed by atoms with E-state index >= 15 is 0 Å². The summed E-state index contributed by atoms with van der Waals surface area (Å²) in [5, 5.41) is 32.8. The SMILES string of the molecule is CC(C)c1c(C(=O)Nc2ccccc2)c(-c2ccccc2)c(-c2ccc(F)cc2)n1CC[C@@H](O)C[C@@H](O)CC(=O)O.NCCN(C1CCCCC1)C1CCCCC1. The quantitative estimate of drug-likeness (QED) is 0.0763. The lowest BCUT2D eigenvalue weighted by Crippen LogP contribution is -2.47. The van der Waals surface area contributed by atoms with Crippen molar-refractivity contribution in [2.75, 3.05) is 18.4 Å². The highest BCUT2D eigenvalue weighted by Crippen LogP contribution is 2.43. The molecule has 6 rings (SSSR count). The molecule has 6 N–H and O–H groups in total. The van der Waals surface area contributed by atoms with Gasteiger partial charge in [0.1, 0.15) is 5.82 Å². The van der Waals surface area contributed by atoms with Crippen LogP contribution < -0.4 is 11.1 Å². The summed E-state index contributed by atoms with van der Waals surface area (Å²) in [6.07, 6.45) is 11.9. The summed E-state index contributed by atoms with van der Waals surface area (Å²) in [5.74, 6) is -1.93. The summed E-state index contributed by atoms with van der Waals surface area (Å²) in [6, 6.07) is 26.5. The Balaban J connectivity index is 0.000000322. The highest BCUT2D eigenvalue weighted by Gasteiger charge is 2.31. The molecule has 2 fully saturated rings. The molecule has 0 unspecified atom stereocenters. The van der Waals surface area contributed by atoms with Crippen molar-refractivity contribution in [3.63, 3.8) is 0 Å². The average Bonchev–Trinajstić information content (AvgIpc) is 3.56. The van der Waals surface area contributed by atoms with Crippen LogP contribution in [0.25, 0.3) is 22.4 Å². The van der Waals surface area contributed by atoms with Crippen molar-refractivity contribution in [3.05, 3.63) is 102 Å². The minimum atomic E-state index is -1.18. The number of carbonyl (C=O) groups is 2. The summed E-state index contributed by atoms with van der Waals surface area (Å²) < 4.78 is 16.0. The number of carboxylic acids is 1. The Morgan fingerprint density at radius 3 is 1.89 bits per heavy atom. The number of carboxylic acid groups (broad SMARTS) is 1. The van der Waals surface area contributed by atoms with Gasteiger partial charge in [-0.25, -0.2) is 4.39 Å². The predicted octanol–water partition coefficient (Wildman–Crippen LogP) is 9.23. The van der Waals surface area contributed by atoms with Gasteiger partial charge in [0.25, 0.3) is 5.91 Å². The topological polar surface area (TPSA) is 141 Å². The molecule has 1 amide bonds. The van der Waals surface area contributed by atoms with Gasteiger partial charge in [0.2, 0.25) is 0 Å². The van der Waals surface area contributed by atoms with Gasteiger partial charge in [0.15, 0.2) is 0 Å². The van der Waals surface area contributed by atoms with Gasteiger partial charge in [-0.1, -0.05) is 101 Å². The third-order valence-electron chi connectivity index (χ3n) is 11.4. The molecule has 9 nitrogen and oxygen atoms in total. The maximum absolute atomic E-state index is 14.0. The fourth-order valence-electron chi connectivity index (χ4n) is 8.84. The van der Waals surface area contributed by atoms with E-state index < -0.39 is 24.6 Å². The number of aliphatic hydroxyl groups is 2. The Bertz CT molecular complexity index is 1800. The Labute approximate surface area is 338 Å². The summed E-state index contributed by atoms with van der Waals surface area (Å²) in [4.78, 5) is 27.8. The lowest BCUT2D eigenvalue weighted by atomic mass is 9.88. The van der Waals surface area contributed by atoms with E-state index in [1.54, 1.807) is 12.1 Å². The molecule has 10 heteroatoms. The number of carbonyl (C=O) groups excluding carboxylic acids is 1. The molecule has 4 aromatic rings. The number of rotatable bonds is 16. The lowest BCUT2D eigenvalue weighted by molar-refractivity contribution is -0.139. The molecule has 2 aliphatic carbocycles. The molecule has 0 aliphatic heterocycles. The fourth-order valence-corrected chi connectivity index (χ4v) is 8.84. The van der Waals surface area contributed by atoms with Crippen LogP contribution in [0.2, 0.25) is 0 Å². The van der Waals surface area contributed by atoms with E-state index in [1.165, 1.54) is 76.3 Å². The highest BCUT2D eigenvalue weighted by atomic mass is 19.1. The molecule has 2 saturated carbocycles. The standard InChI is InChI=1S/C33H35FN2O5.C14H28N2/c1-21(2)31-30(33(41)35-25-11-7-4-8-12-25)29(22-9-5-3-6-10-22)32(23-13-15-24(34)16-14-23)36(31)18-17-26(37)19-27(38)20-28(39)40;15-11-12-16(13-7-3-1-4-8-13)14-9-5-2-6-10-14/h3-16,21,26-27,37-38H,17-20H2,1-2H3,(H,35,41)(H,39,40);13-14H,1-12,15H2/t26-,27-;/m1./s1.